The zero-order valence-corrected chi connectivity index (χ0v) is 10.3. The van der Waals surface area contributed by atoms with Crippen molar-refractivity contribution in [2.75, 3.05) is 7.11 Å². The van der Waals surface area contributed by atoms with Crippen molar-refractivity contribution in [3.8, 4) is 5.75 Å². The van der Waals surface area contributed by atoms with Crippen LogP contribution in [0.3, 0.4) is 0 Å². The first-order valence-electron chi connectivity index (χ1n) is 5.51. The standard InChI is InChI=1S/C13H17N3O/c1-9-8-10(4-5-11(9)17-3)12(14)13-15-6-7-16(13)2/h4-8,12H,14H2,1-3H3. The second kappa shape index (κ2) is 4.59. The van der Waals surface area contributed by atoms with E-state index in [1.165, 1.54) is 0 Å². The van der Waals surface area contributed by atoms with Gasteiger partial charge in [0.25, 0.3) is 0 Å². The van der Waals surface area contributed by atoms with E-state index in [1.54, 1.807) is 13.3 Å². The molecule has 1 unspecified atom stereocenters. The number of imidazole rings is 1. The summed E-state index contributed by atoms with van der Waals surface area (Å²) in [7, 11) is 3.61. The van der Waals surface area contributed by atoms with Crippen LogP contribution in [-0.2, 0) is 7.05 Å². The minimum Gasteiger partial charge on any atom is -0.496 e. The van der Waals surface area contributed by atoms with E-state index in [-0.39, 0.29) is 6.04 Å². The van der Waals surface area contributed by atoms with Crippen LogP contribution < -0.4 is 10.5 Å². The molecule has 0 radical (unpaired) electrons. The predicted molar refractivity (Wildman–Crippen MR) is 67.0 cm³/mol. The van der Waals surface area contributed by atoms with Crippen LogP contribution >= 0.6 is 0 Å². The van der Waals surface area contributed by atoms with Gasteiger partial charge >= 0.3 is 0 Å². The summed E-state index contributed by atoms with van der Waals surface area (Å²) in [6.07, 6.45) is 3.65. The van der Waals surface area contributed by atoms with E-state index in [4.69, 9.17) is 10.5 Å². The van der Waals surface area contributed by atoms with Crippen molar-refractivity contribution in [2.24, 2.45) is 12.8 Å². The molecule has 4 heteroatoms. The third-order valence-corrected chi connectivity index (χ3v) is 2.91. The number of methoxy groups -OCH3 is 1. The maximum Gasteiger partial charge on any atom is 0.129 e. The minimum absolute atomic E-state index is 0.209. The molecule has 2 N–H and O–H groups in total. The fourth-order valence-electron chi connectivity index (χ4n) is 1.92. The number of nitrogens with zero attached hydrogens (tertiary/aromatic N) is 2. The Balaban J connectivity index is 2.35. The maximum absolute atomic E-state index is 6.20. The highest BCUT2D eigenvalue weighted by Gasteiger charge is 2.14. The fourth-order valence-corrected chi connectivity index (χ4v) is 1.92. The van der Waals surface area contributed by atoms with Crippen LogP contribution in [0.2, 0.25) is 0 Å². The van der Waals surface area contributed by atoms with Gasteiger partial charge in [-0.05, 0) is 24.1 Å². The number of aromatic nitrogens is 2. The molecule has 0 fully saturated rings. The average molecular weight is 231 g/mol. The molecule has 4 nitrogen and oxygen atoms in total. The number of benzene rings is 1. The minimum atomic E-state index is -0.209. The van der Waals surface area contributed by atoms with E-state index in [0.717, 1.165) is 22.7 Å². The van der Waals surface area contributed by atoms with Gasteiger partial charge in [-0.2, -0.15) is 0 Å². The summed E-state index contributed by atoms with van der Waals surface area (Å²) < 4.78 is 7.17. The van der Waals surface area contributed by atoms with Gasteiger partial charge in [-0.15, -0.1) is 0 Å². The Morgan fingerprint density at radius 1 is 1.41 bits per heavy atom. The Bertz CT molecular complexity index is 519. The van der Waals surface area contributed by atoms with Crippen LogP contribution in [0.25, 0.3) is 0 Å². The average Bonchev–Trinajstić information content (AvgIpc) is 2.74. The molecule has 0 aliphatic rings. The zero-order chi connectivity index (χ0) is 12.4. The SMILES string of the molecule is COc1ccc(C(N)c2nccn2C)cc1C. The van der Waals surface area contributed by atoms with Crippen molar-refractivity contribution >= 4 is 0 Å². The van der Waals surface area contributed by atoms with Crippen molar-refractivity contribution in [1.29, 1.82) is 0 Å². The molecule has 2 rings (SSSR count). The molecule has 17 heavy (non-hydrogen) atoms. The molecule has 0 saturated carbocycles. The first-order valence-corrected chi connectivity index (χ1v) is 5.51. The van der Waals surface area contributed by atoms with E-state index in [2.05, 4.69) is 4.98 Å². The van der Waals surface area contributed by atoms with Crippen LogP contribution in [0, 0.1) is 6.92 Å². The molecule has 0 saturated heterocycles. The number of rotatable bonds is 3. The molecule has 2 aromatic rings. The molecule has 1 aromatic heterocycles. The monoisotopic (exact) mass is 231 g/mol. The van der Waals surface area contributed by atoms with Gasteiger partial charge in [0, 0.05) is 19.4 Å². The Kier molecular flexibility index (Phi) is 3.15. The molecule has 90 valence electrons. The summed E-state index contributed by atoms with van der Waals surface area (Å²) in [5, 5.41) is 0. The van der Waals surface area contributed by atoms with Crippen LogP contribution in [0.4, 0.5) is 0 Å². The molecule has 1 aromatic carbocycles. The Morgan fingerprint density at radius 2 is 2.18 bits per heavy atom. The van der Waals surface area contributed by atoms with Crippen molar-refractivity contribution in [1.82, 2.24) is 9.55 Å². The highest BCUT2D eigenvalue weighted by Crippen LogP contribution is 2.24. The summed E-state index contributed by atoms with van der Waals surface area (Å²) in [4.78, 5) is 4.27. The normalized spacial score (nSPS) is 12.5. The van der Waals surface area contributed by atoms with Gasteiger partial charge in [0.05, 0.1) is 13.2 Å². The van der Waals surface area contributed by atoms with Gasteiger partial charge in [-0.25, -0.2) is 4.98 Å². The topological polar surface area (TPSA) is 53.1 Å². The van der Waals surface area contributed by atoms with Gasteiger partial charge < -0.3 is 15.0 Å². The highest BCUT2D eigenvalue weighted by molar-refractivity contribution is 5.38. The third kappa shape index (κ3) is 2.17. The van der Waals surface area contributed by atoms with E-state index in [9.17, 15) is 0 Å². The smallest absolute Gasteiger partial charge is 0.129 e. The van der Waals surface area contributed by atoms with Crippen LogP contribution in [0.5, 0.6) is 5.75 Å². The van der Waals surface area contributed by atoms with E-state index in [0.29, 0.717) is 0 Å². The van der Waals surface area contributed by atoms with Crippen LogP contribution in [-0.4, -0.2) is 16.7 Å². The third-order valence-electron chi connectivity index (χ3n) is 2.91. The first kappa shape index (κ1) is 11.7. The molecule has 0 bridgehead atoms. The summed E-state index contributed by atoms with van der Waals surface area (Å²) >= 11 is 0. The highest BCUT2D eigenvalue weighted by atomic mass is 16.5. The summed E-state index contributed by atoms with van der Waals surface area (Å²) in [5.41, 5.74) is 8.32. The second-order valence-corrected chi connectivity index (χ2v) is 4.10. The molecule has 0 aliphatic carbocycles. The lowest BCUT2D eigenvalue weighted by molar-refractivity contribution is 0.411. The van der Waals surface area contributed by atoms with Gasteiger partial charge in [0.15, 0.2) is 0 Å². The lowest BCUT2D eigenvalue weighted by Crippen LogP contribution is -2.16. The Labute approximate surface area is 101 Å². The number of nitrogens with two attached hydrogens (primary N) is 1. The number of aryl methyl sites for hydroxylation is 2. The quantitative estimate of drug-likeness (QED) is 0.876. The zero-order valence-electron chi connectivity index (χ0n) is 10.3. The largest absolute Gasteiger partial charge is 0.496 e. The molecule has 1 atom stereocenters. The first-order chi connectivity index (χ1) is 8.13. The van der Waals surface area contributed by atoms with E-state index >= 15 is 0 Å². The van der Waals surface area contributed by atoms with Crippen molar-refractivity contribution in [3.05, 3.63) is 47.5 Å². The molecule has 0 aliphatic heterocycles. The molecular weight excluding hydrogens is 214 g/mol. The second-order valence-electron chi connectivity index (χ2n) is 4.10. The fraction of sp³-hybridized carbons (Fsp3) is 0.308. The van der Waals surface area contributed by atoms with Gasteiger partial charge in [0.2, 0.25) is 0 Å². The summed E-state index contributed by atoms with van der Waals surface area (Å²) in [6.45, 7) is 2.01. The molecule has 0 amide bonds. The summed E-state index contributed by atoms with van der Waals surface area (Å²) in [6, 6.07) is 5.75. The number of hydrogen-bond acceptors (Lipinski definition) is 3. The van der Waals surface area contributed by atoms with Crippen molar-refractivity contribution in [3.63, 3.8) is 0 Å². The predicted octanol–water partition coefficient (Wildman–Crippen LogP) is 1.79. The summed E-state index contributed by atoms with van der Waals surface area (Å²) in [5.74, 6) is 1.73. The van der Waals surface area contributed by atoms with Gasteiger partial charge in [0.1, 0.15) is 11.6 Å². The Morgan fingerprint density at radius 3 is 2.71 bits per heavy atom. The number of hydrogen-bond donors (Lipinski definition) is 1. The lowest BCUT2D eigenvalue weighted by atomic mass is 10.0. The number of ether oxygens (including phenoxy) is 1. The van der Waals surface area contributed by atoms with Crippen LogP contribution in [0.1, 0.15) is 23.0 Å². The van der Waals surface area contributed by atoms with E-state index < -0.39 is 0 Å². The van der Waals surface area contributed by atoms with Crippen molar-refractivity contribution in [2.45, 2.75) is 13.0 Å². The lowest BCUT2D eigenvalue weighted by Gasteiger charge is -2.14. The maximum atomic E-state index is 6.20. The molecule has 1 heterocycles. The van der Waals surface area contributed by atoms with E-state index in [1.807, 2.05) is 42.9 Å². The van der Waals surface area contributed by atoms with Crippen LogP contribution in [0.15, 0.2) is 30.6 Å². The van der Waals surface area contributed by atoms with Gasteiger partial charge in [-0.3, -0.25) is 0 Å². The molecule has 0 spiro atoms. The molecular formula is C13H17N3O. The van der Waals surface area contributed by atoms with Gasteiger partial charge in [-0.1, -0.05) is 12.1 Å². The Hall–Kier alpha value is -1.81. The van der Waals surface area contributed by atoms with Crippen molar-refractivity contribution < 1.29 is 4.74 Å².